The first-order chi connectivity index (χ1) is 18.3. The van der Waals surface area contributed by atoms with E-state index in [1.54, 1.807) is 13.0 Å². The Hall–Kier alpha value is -3.72. The van der Waals surface area contributed by atoms with Crippen LogP contribution in [0.25, 0.3) is 5.69 Å². The molecule has 8 nitrogen and oxygen atoms in total. The van der Waals surface area contributed by atoms with Crippen LogP contribution < -0.4 is 26.2 Å². The van der Waals surface area contributed by atoms with Gasteiger partial charge in [0.15, 0.2) is 5.82 Å². The molecule has 2 aromatic carbocycles. The number of nitrogens with zero attached hydrogens (tertiary/aromatic N) is 2. The summed E-state index contributed by atoms with van der Waals surface area (Å²) >= 11 is 0. The van der Waals surface area contributed by atoms with Crippen LogP contribution in [0.4, 0.5) is 10.2 Å². The molecule has 0 atom stereocenters. The number of para-hydroxylation sites is 1. The number of ether oxygens (including phenoxy) is 1. The van der Waals surface area contributed by atoms with Gasteiger partial charge in [-0.3, -0.25) is 14.2 Å². The molecule has 0 saturated heterocycles. The molecule has 2 aliphatic carbocycles. The minimum atomic E-state index is -0.543. The van der Waals surface area contributed by atoms with Crippen LogP contribution in [0.15, 0.2) is 53.6 Å². The number of carbonyl (C=O) groups excluding carboxylic acids is 1. The zero-order valence-corrected chi connectivity index (χ0v) is 22.0. The molecule has 3 aromatic rings. The molecule has 3 N–H and O–H groups in total. The van der Waals surface area contributed by atoms with Crippen LogP contribution in [-0.2, 0) is 5.54 Å². The van der Waals surface area contributed by atoms with Gasteiger partial charge in [0.25, 0.3) is 11.5 Å². The van der Waals surface area contributed by atoms with Gasteiger partial charge >= 0.3 is 0 Å². The van der Waals surface area contributed by atoms with Crippen molar-refractivity contribution < 1.29 is 13.9 Å². The predicted molar refractivity (Wildman–Crippen MR) is 145 cm³/mol. The van der Waals surface area contributed by atoms with Gasteiger partial charge < -0.3 is 20.7 Å². The first-order valence-electron chi connectivity index (χ1n) is 13.2. The number of amides is 1. The minimum absolute atomic E-state index is 0.142. The van der Waals surface area contributed by atoms with Crippen molar-refractivity contribution in [1.29, 1.82) is 0 Å². The monoisotopic (exact) mass is 519 g/mol. The maximum Gasteiger partial charge on any atom is 0.297 e. The fourth-order valence-electron chi connectivity index (χ4n) is 4.54. The Morgan fingerprint density at radius 1 is 1.24 bits per heavy atom. The van der Waals surface area contributed by atoms with Gasteiger partial charge in [-0.15, -0.1) is 0 Å². The number of halogens is 1. The Kier molecular flexibility index (Phi) is 7.21. The average molecular weight is 520 g/mol. The van der Waals surface area contributed by atoms with E-state index in [1.807, 2.05) is 24.3 Å². The van der Waals surface area contributed by atoms with Crippen molar-refractivity contribution in [3.8, 4) is 11.4 Å². The quantitative estimate of drug-likeness (QED) is 0.331. The number of rotatable bonds is 11. The van der Waals surface area contributed by atoms with Crippen LogP contribution in [0, 0.1) is 12.7 Å². The first-order valence-corrected chi connectivity index (χ1v) is 13.2. The van der Waals surface area contributed by atoms with Gasteiger partial charge in [0, 0.05) is 47.7 Å². The molecule has 0 unspecified atom stereocenters. The number of carbonyl (C=O) groups is 1. The second-order valence-corrected chi connectivity index (χ2v) is 10.5. The van der Waals surface area contributed by atoms with E-state index in [4.69, 9.17) is 4.74 Å². The summed E-state index contributed by atoms with van der Waals surface area (Å²) in [4.78, 5) is 30.5. The average Bonchev–Trinajstić information content (AvgIpc) is 3.83. The normalized spacial score (nSPS) is 15.8. The summed E-state index contributed by atoms with van der Waals surface area (Å²) in [5.74, 6) is 0.0455. The lowest BCUT2D eigenvalue weighted by atomic mass is 10.0. The van der Waals surface area contributed by atoms with Gasteiger partial charge in [0.1, 0.15) is 18.2 Å². The van der Waals surface area contributed by atoms with Crippen molar-refractivity contribution in [3.05, 3.63) is 81.7 Å². The second kappa shape index (κ2) is 10.6. The van der Waals surface area contributed by atoms with Gasteiger partial charge in [-0.1, -0.05) is 32.0 Å². The van der Waals surface area contributed by atoms with Crippen LogP contribution in [0.5, 0.6) is 5.75 Å². The van der Waals surface area contributed by atoms with Gasteiger partial charge in [-0.05, 0) is 50.8 Å². The molecule has 0 radical (unpaired) electrons. The SMILES string of the molecule is Cc1c(F)cc(C(=O)NC2CC2)cc1-n1ccnc(NC2(c3ccccc3OCCNC(C)C)CC2)c1=O. The largest absolute Gasteiger partial charge is 0.492 e. The third-order valence-electron chi connectivity index (χ3n) is 7.01. The van der Waals surface area contributed by atoms with Crippen molar-refractivity contribution >= 4 is 11.7 Å². The molecule has 0 spiro atoms. The summed E-state index contributed by atoms with van der Waals surface area (Å²) in [5, 5.41) is 9.58. The molecule has 1 amide bonds. The second-order valence-electron chi connectivity index (χ2n) is 10.5. The number of benzene rings is 2. The third kappa shape index (κ3) is 5.57. The van der Waals surface area contributed by atoms with Gasteiger partial charge in [-0.2, -0.15) is 0 Å². The highest BCUT2D eigenvalue weighted by Gasteiger charge is 2.47. The van der Waals surface area contributed by atoms with E-state index in [0.717, 1.165) is 43.5 Å². The lowest BCUT2D eigenvalue weighted by Gasteiger charge is -2.22. The molecule has 2 fully saturated rings. The molecule has 0 bridgehead atoms. The van der Waals surface area contributed by atoms with Crippen LogP contribution in [0.1, 0.15) is 61.0 Å². The summed E-state index contributed by atoms with van der Waals surface area (Å²) in [6, 6.07) is 11.1. The zero-order valence-electron chi connectivity index (χ0n) is 22.0. The molecule has 1 heterocycles. The highest BCUT2D eigenvalue weighted by molar-refractivity contribution is 5.95. The van der Waals surface area contributed by atoms with E-state index in [1.165, 1.54) is 23.0 Å². The number of aromatic nitrogens is 2. The molecular weight excluding hydrogens is 485 g/mol. The Balaban J connectivity index is 1.41. The lowest BCUT2D eigenvalue weighted by Crippen LogP contribution is -2.30. The summed E-state index contributed by atoms with van der Waals surface area (Å²) in [6.07, 6.45) is 6.49. The standard InChI is InChI=1S/C29H34FN5O3/c1-18(2)31-13-15-38-25-7-5-4-6-22(25)29(10-11-29)34-26-28(37)35(14-12-32-26)24-17-20(16-23(30)19(24)3)27(36)33-21-8-9-21/h4-7,12,14,16-18,21,31H,8-11,13,15H2,1-3H3,(H,32,34)(H,33,36). The number of anilines is 1. The molecule has 5 rings (SSSR count). The molecule has 0 aliphatic heterocycles. The summed E-state index contributed by atoms with van der Waals surface area (Å²) < 4.78 is 22.3. The van der Waals surface area contributed by atoms with E-state index < -0.39 is 16.9 Å². The number of hydrogen-bond acceptors (Lipinski definition) is 6. The number of hydrogen-bond donors (Lipinski definition) is 3. The van der Waals surface area contributed by atoms with Gasteiger partial charge in [0.2, 0.25) is 0 Å². The molecule has 200 valence electrons. The Morgan fingerprint density at radius 2 is 2.00 bits per heavy atom. The molecule has 2 aliphatic rings. The fraction of sp³-hybridized carbons (Fsp3) is 0.414. The van der Waals surface area contributed by atoms with E-state index >= 15 is 0 Å². The summed E-state index contributed by atoms with van der Waals surface area (Å²) in [5.41, 5.74) is 0.863. The third-order valence-corrected chi connectivity index (χ3v) is 7.01. The highest BCUT2D eigenvalue weighted by Crippen LogP contribution is 2.50. The lowest BCUT2D eigenvalue weighted by molar-refractivity contribution is 0.0950. The smallest absolute Gasteiger partial charge is 0.297 e. The first kappa shape index (κ1) is 25.9. The van der Waals surface area contributed by atoms with Crippen molar-refractivity contribution in [3.63, 3.8) is 0 Å². The minimum Gasteiger partial charge on any atom is -0.492 e. The van der Waals surface area contributed by atoms with Crippen molar-refractivity contribution in [2.45, 2.75) is 64.1 Å². The predicted octanol–water partition coefficient (Wildman–Crippen LogP) is 4.05. The summed E-state index contributed by atoms with van der Waals surface area (Å²) in [7, 11) is 0. The number of nitrogens with one attached hydrogen (secondary N) is 3. The Morgan fingerprint density at radius 3 is 2.71 bits per heavy atom. The summed E-state index contributed by atoms with van der Waals surface area (Å²) in [6.45, 7) is 7.02. The maximum atomic E-state index is 14.8. The van der Waals surface area contributed by atoms with Crippen molar-refractivity contribution in [2.24, 2.45) is 0 Å². The van der Waals surface area contributed by atoms with E-state index in [-0.39, 0.29) is 28.9 Å². The van der Waals surface area contributed by atoms with E-state index in [0.29, 0.717) is 18.3 Å². The maximum absolute atomic E-state index is 14.8. The van der Waals surface area contributed by atoms with Crippen molar-refractivity contribution in [2.75, 3.05) is 18.5 Å². The van der Waals surface area contributed by atoms with E-state index in [9.17, 15) is 14.0 Å². The van der Waals surface area contributed by atoms with Gasteiger partial charge in [0.05, 0.1) is 11.2 Å². The molecular formula is C29H34FN5O3. The zero-order chi connectivity index (χ0) is 26.9. The van der Waals surface area contributed by atoms with Crippen LogP contribution in [-0.4, -0.2) is 40.7 Å². The highest BCUT2D eigenvalue weighted by atomic mass is 19.1. The molecule has 38 heavy (non-hydrogen) atoms. The van der Waals surface area contributed by atoms with Crippen LogP contribution in [0.2, 0.25) is 0 Å². The van der Waals surface area contributed by atoms with E-state index in [2.05, 4.69) is 34.8 Å². The van der Waals surface area contributed by atoms with Gasteiger partial charge in [-0.25, -0.2) is 9.37 Å². The topological polar surface area (TPSA) is 97.3 Å². The Bertz CT molecular complexity index is 1400. The molecule has 9 heteroatoms. The van der Waals surface area contributed by atoms with Crippen molar-refractivity contribution in [1.82, 2.24) is 20.2 Å². The molecule has 2 saturated carbocycles. The Labute approximate surface area is 221 Å². The van der Waals surface area contributed by atoms with Crippen LogP contribution in [0.3, 0.4) is 0 Å². The van der Waals surface area contributed by atoms with Crippen LogP contribution >= 0.6 is 0 Å². The fourth-order valence-corrected chi connectivity index (χ4v) is 4.54. The molecule has 1 aromatic heterocycles.